The van der Waals surface area contributed by atoms with Gasteiger partial charge in [-0.1, -0.05) is 24.3 Å². The van der Waals surface area contributed by atoms with E-state index in [4.69, 9.17) is 0 Å². The molecule has 0 aliphatic carbocycles. The van der Waals surface area contributed by atoms with Gasteiger partial charge in [0.15, 0.2) is 5.95 Å². The quantitative estimate of drug-likeness (QED) is 0.826. The standard InChI is InChI=1S/C13H17N3/c1-9-6-4-5-7-11(9)8-12-10(2)15-13(14-3)16-12/h4-7H,8H2,1-3H3,(H2,14,15,16). The highest BCUT2D eigenvalue weighted by Gasteiger charge is 2.07. The molecule has 2 aromatic rings. The SMILES string of the molecule is CNc1nc(Cc2ccccc2C)c(C)[nH]1. The number of nitrogens with zero attached hydrogens (tertiary/aromatic N) is 1. The summed E-state index contributed by atoms with van der Waals surface area (Å²) in [6, 6.07) is 8.43. The highest BCUT2D eigenvalue weighted by atomic mass is 15.1. The number of aryl methyl sites for hydroxylation is 2. The minimum Gasteiger partial charge on any atom is -0.359 e. The van der Waals surface area contributed by atoms with E-state index >= 15 is 0 Å². The van der Waals surface area contributed by atoms with Crippen molar-refractivity contribution in [3.63, 3.8) is 0 Å². The van der Waals surface area contributed by atoms with Crippen molar-refractivity contribution in [2.75, 3.05) is 12.4 Å². The van der Waals surface area contributed by atoms with Crippen LogP contribution in [0.4, 0.5) is 5.95 Å². The lowest BCUT2D eigenvalue weighted by atomic mass is 10.0. The number of hydrogen-bond donors (Lipinski definition) is 2. The number of aromatic amines is 1. The first-order valence-corrected chi connectivity index (χ1v) is 5.48. The minimum atomic E-state index is 0.834. The second kappa shape index (κ2) is 4.39. The molecule has 0 radical (unpaired) electrons. The van der Waals surface area contributed by atoms with Crippen molar-refractivity contribution in [1.82, 2.24) is 9.97 Å². The van der Waals surface area contributed by atoms with Gasteiger partial charge in [-0.25, -0.2) is 4.98 Å². The van der Waals surface area contributed by atoms with Gasteiger partial charge in [-0.15, -0.1) is 0 Å². The molecule has 3 heteroatoms. The Morgan fingerprint density at radius 2 is 2.00 bits per heavy atom. The second-order valence-electron chi connectivity index (χ2n) is 4.01. The van der Waals surface area contributed by atoms with E-state index in [1.54, 1.807) is 0 Å². The molecule has 0 aliphatic heterocycles. The van der Waals surface area contributed by atoms with E-state index in [0.29, 0.717) is 0 Å². The number of imidazole rings is 1. The van der Waals surface area contributed by atoms with Crippen LogP contribution in [-0.2, 0) is 6.42 Å². The molecule has 0 fully saturated rings. The predicted octanol–water partition coefficient (Wildman–Crippen LogP) is 2.66. The fourth-order valence-electron chi connectivity index (χ4n) is 1.78. The molecule has 84 valence electrons. The lowest BCUT2D eigenvalue weighted by molar-refractivity contribution is 1.06. The number of benzene rings is 1. The molecule has 0 atom stereocenters. The lowest BCUT2D eigenvalue weighted by Crippen LogP contribution is -1.94. The number of aromatic nitrogens is 2. The molecular weight excluding hydrogens is 198 g/mol. The average molecular weight is 215 g/mol. The molecule has 2 N–H and O–H groups in total. The van der Waals surface area contributed by atoms with Crippen molar-refractivity contribution < 1.29 is 0 Å². The van der Waals surface area contributed by atoms with E-state index in [2.05, 4.69) is 53.4 Å². The number of anilines is 1. The summed E-state index contributed by atoms with van der Waals surface area (Å²) in [5, 5.41) is 3.02. The number of rotatable bonds is 3. The third-order valence-electron chi connectivity index (χ3n) is 2.84. The van der Waals surface area contributed by atoms with E-state index in [-0.39, 0.29) is 0 Å². The molecule has 0 saturated heterocycles. The number of nitrogens with one attached hydrogen (secondary N) is 2. The zero-order valence-electron chi connectivity index (χ0n) is 9.96. The zero-order chi connectivity index (χ0) is 11.5. The van der Waals surface area contributed by atoms with E-state index < -0.39 is 0 Å². The fourth-order valence-corrected chi connectivity index (χ4v) is 1.78. The van der Waals surface area contributed by atoms with Gasteiger partial charge in [0, 0.05) is 19.2 Å². The normalized spacial score (nSPS) is 10.4. The second-order valence-corrected chi connectivity index (χ2v) is 4.01. The largest absolute Gasteiger partial charge is 0.359 e. The summed E-state index contributed by atoms with van der Waals surface area (Å²) in [6.45, 7) is 4.19. The molecule has 2 rings (SSSR count). The van der Waals surface area contributed by atoms with Crippen LogP contribution in [0.2, 0.25) is 0 Å². The Balaban J connectivity index is 2.27. The Morgan fingerprint density at radius 1 is 1.25 bits per heavy atom. The monoisotopic (exact) mass is 215 g/mol. The van der Waals surface area contributed by atoms with Gasteiger partial charge >= 0.3 is 0 Å². The van der Waals surface area contributed by atoms with Gasteiger partial charge in [-0.3, -0.25) is 0 Å². The first kappa shape index (κ1) is 10.7. The Hall–Kier alpha value is -1.77. The maximum Gasteiger partial charge on any atom is 0.200 e. The highest BCUT2D eigenvalue weighted by Crippen LogP contribution is 2.16. The summed E-state index contributed by atoms with van der Waals surface area (Å²) in [7, 11) is 1.87. The van der Waals surface area contributed by atoms with E-state index in [9.17, 15) is 0 Å². The van der Waals surface area contributed by atoms with Gasteiger partial charge in [-0.05, 0) is 25.0 Å². The smallest absolute Gasteiger partial charge is 0.200 e. The van der Waals surface area contributed by atoms with Crippen molar-refractivity contribution in [3.8, 4) is 0 Å². The summed E-state index contributed by atoms with van der Waals surface area (Å²) in [5.41, 5.74) is 4.89. The molecule has 0 amide bonds. The average Bonchev–Trinajstić information content (AvgIpc) is 2.63. The molecular formula is C13H17N3. The van der Waals surface area contributed by atoms with Crippen LogP contribution in [0.5, 0.6) is 0 Å². The van der Waals surface area contributed by atoms with Gasteiger partial charge in [0.2, 0.25) is 0 Å². The molecule has 1 heterocycles. The van der Waals surface area contributed by atoms with Crippen LogP contribution in [0.25, 0.3) is 0 Å². The molecule has 0 aliphatic rings. The third-order valence-corrected chi connectivity index (χ3v) is 2.84. The Morgan fingerprint density at radius 3 is 2.62 bits per heavy atom. The minimum absolute atomic E-state index is 0.834. The summed E-state index contributed by atoms with van der Waals surface area (Å²) in [4.78, 5) is 7.71. The Kier molecular flexibility index (Phi) is 2.95. The first-order valence-electron chi connectivity index (χ1n) is 5.48. The maximum absolute atomic E-state index is 4.50. The van der Waals surface area contributed by atoms with Gasteiger partial charge in [0.05, 0.1) is 5.69 Å². The van der Waals surface area contributed by atoms with Crippen LogP contribution in [0, 0.1) is 13.8 Å². The van der Waals surface area contributed by atoms with Crippen LogP contribution in [0.15, 0.2) is 24.3 Å². The van der Waals surface area contributed by atoms with Crippen molar-refractivity contribution in [1.29, 1.82) is 0 Å². The van der Waals surface area contributed by atoms with E-state index in [1.165, 1.54) is 11.1 Å². The Labute approximate surface area is 95.9 Å². The topological polar surface area (TPSA) is 40.7 Å². The molecule has 16 heavy (non-hydrogen) atoms. The zero-order valence-corrected chi connectivity index (χ0v) is 9.96. The van der Waals surface area contributed by atoms with Crippen LogP contribution in [-0.4, -0.2) is 17.0 Å². The molecule has 0 unspecified atom stereocenters. The van der Waals surface area contributed by atoms with Gasteiger partial charge in [0.25, 0.3) is 0 Å². The van der Waals surface area contributed by atoms with Crippen molar-refractivity contribution >= 4 is 5.95 Å². The molecule has 1 aromatic heterocycles. The van der Waals surface area contributed by atoms with Crippen LogP contribution in [0.3, 0.4) is 0 Å². The van der Waals surface area contributed by atoms with Crippen LogP contribution < -0.4 is 5.32 Å². The first-order chi connectivity index (χ1) is 7.70. The fraction of sp³-hybridized carbons (Fsp3) is 0.308. The summed E-state index contributed by atoms with van der Waals surface area (Å²) in [6.07, 6.45) is 0.886. The number of hydrogen-bond acceptors (Lipinski definition) is 2. The van der Waals surface area contributed by atoms with Crippen LogP contribution in [0.1, 0.15) is 22.5 Å². The molecule has 0 bridgehead atoms. The molecule has 1 aromatic carbocycles. The summed E-state index contributed by atoms with van der Waals surface area (Å²) in [5.74, 6) is 0.834. The van der Waals surface area contributed by atoms with E-state index in [1.807, 2.05) is 7.05 Å². The number of H-pyrrole nitrogens is 1. The molecule has 0 spiro atoms. The van der Waals surface area contributed by atoms with Gasteiger partial charge in [0.1, 0.15) is 0 Å². The Bertz CT molecular complexity index is 486. The van der Waals surface area contributed by atoms with Gasteiger partial charge < -0.3 is 10.3 Å². The van der Waals surface area contributed by atoms with Crippen molar-refractivity contribution in [2.45, 2.75) is 20.3 Å². The van der Waals surface area contributed by atoms with Gasteiger partial charge in [-0.2, -0.15) is 0 Å². The third kappa shape index (κ3) is 2.08. The summed E-state index contributed by atoms with van der Waals surface area (Å²) < 4.78 is 0. The van der Waals surface area contributed by atoms with Crippen LogP contribution >= 0.6 is 0 Å². The molecule has 3 nitrogen and oxygen atoms in total. The molecule has 0 saturated carbocycles. The predicted molar refractivity (Wildman–Crippen MR) is 66.9 cm³/mol. The maximum atomic E-state index is 4.50. The van der Waals surface area contributed by atoms with E-state index in [0.717, 1.165) is 23.8 Å². The summed E-state index contributed by atoms with van der Waals surface area (Å²) >= 11 is 0. The van der Waals surface area contributed by atoms with Crippen molar-refractivity contribution in [3.05, 3.63) is 46.8 Å². The lowest BCUT2D eigenvalue weighted by Gasteiger charge is -2.03. The highest BCUT2D eigenvalue weighted by molar-refractivity contribution is 5.35. The van der Waals surface area contributed by atoms with Crippen molar-refractivity contribution in [2.24, 2.45) is 0 Å².